The summed E-state index contributed by atoms with van der Waals surface area (Å²) in [5.74, 6) is 0.150. The van der Waals surface area contributed by atoms with E-state index < -0.39 is 0 Å². The van der Waals surface area contributed by atoms with E-state index in [9.17, 15) is 4.79 Å². The second kappa shape index (κ2) is 10.9. The van der Waals surface area contributed by atoms with Crippen molar-refractivity contribution in [1.82, 2.24) is 15.5 Å². The van der Waals surface area contributed by atoms with Gasteiger partial charge in [-0.05, 0) is 19.5 Å². The zero-order valence-corrected chi connectivity index (χ0v) is 11.0. The molecule has 0 unspecified atom stereocenters. The minimum absolute atomic E-state index is 0.150. The Bertz CT molecular complexity index is 170. The fourth-order valence-corrected chi connectivity index (χ4v) is 1.46. The van der Waals surface area contributed by atoms with Crippen LogP contribution in [0, 0.1) is 0 Å². The Balaban J connectivity index is 3.29. The number of carbonyl (C=O) groups is 1. The van der Waals surface area contributed by atoms with Gasteiger partial charge in [-0.15, -0.1) is 0 Å². The fourth-order valence-electron chi connectivity index (χ4n) is 1.46. The lowest BCUT2D eigenvalue weighted by Crippen LogP contribution is -2.34. The van der Waals surface area contributed by atoms with Gasteiger partial charge in [-0.2, -0.15) is 0 Å². The van der Waals surface area contributed by atoms with Crippen LogP contribution < -0.4 is 10.6 Å². The van der Waals surface area contributed by atoms with Gasteiger partial charge in [-0.3, -0.25) is 4.79 Å². The standard InChI is InChI=1S/C12H27N3O/c1-4-8-14-12(16)7-9-13-10-11-15(5-2)6-3/h13H,4-11H2,1-3H3,(H,14,16). The molecule has 0 radical (unpaired) electrons. The third-order valence-corrected chi connectivity index (χ3v) is 2.60. The molecule has 16 heavy (non-hydrogen) atoms. The Morgan fingerprint density at radius 3 is 2.31 bits per heavy atom. The SMILES string of the molecule is CCCNC(=O)CCNCCN(CC)CC. The van der Waals surface area contributed by atoms with Crippen LogP contribution in [0.25, 0.3) is 0 Å². The zero-order chi connectivity index (χ0) is 12.2. The van der Waals surface area contributed by atoms with Crippen molar-refractivity contribution < 1.29 is 4.79 Å². The van der Waals surface area contributed by atoms with Gasteiger partial charge in [0.25, 0.3) is 0 Å². The Kier molecular flexibility index (Phi) is 10.5. The molecule has 0 aliphatic carbocycles. The van der Waals surface area contributed by atoms with E-state index in [1.165, 1.54) is 0 Å². The lowest BCUT2D eigenvalue weighted by atomic mass is 10.3. The maximum absolute atomic E-state index is 11.2. The van der Waals surface area contributed by atoms with Crippen LogP contribution in [0.1, 0.15) is 33.6 Å². The Morgan fingerprint density at radius 2 is 1.75 bits per heavy atom. The third-order valence-electron chi connectivity index (χ3n) is 2.60. The van der Waals surface area contributed by atoms with E-state index in [-0.39, 0.29) is 5.91 Å². The fraction of sp³-hybridized carbons (Fsp3) is 0.917. The van der Waals surface area contributed by atoms with Gasteiger partial charge in [0.2, 0.25) is 5.91 Å². The van der Waals surface area contributed by atoms with Gasteiger partial charge in [-0.25, -0.2) is 0 Å². The molecule has 0 aliphatic heterocycles. The summed E-state index contributed by atoms with van der Waals surface area (Å²) in [5.41, 5.74) is 0. The van der Waals surface area contributed by atoms with E-state index >= 15 is 0 Å². The second-order valence-corrected chi connectivity index (χ2v) is 3.88. The van der Waals surface area contributed by atoms with Gasteiger partial charge in [0.05, 0.1) is 0 Å². The van der Waals surface area contributed by atoms with Gasteiger partial charge in [0.1, 0.15) is 0 Å². The smallest absolute Gasteiger partial charge is 0.221 e. The highest BCUT2D eigenvalue weighted by molar-refractivity contribution is 5.75. The molecule has 0 atom stereocenters. The predicted molar refractivity (Wildman–Crippen MR) is 68.6 cm³/mol. The van der Waals surface area contributed by atoms with Crippen molar-refractivity contribution in [3.8, 4) is 0 Å². The lowest BCUT2D eigenvalue weighted by molar-refractivity contribution is -0.120. The van der Waals surface area contributed by atoms with E-state index in [2.05, 4.69) is 36.3 Å². The van der Waals surface area contributed by atoms with Crippen LogP contribution in [0.4, 0.5) is 0 Å². The normalized spacial score (nSPS) is 10.8. The molecule has 0 spiro atoms. The lowest BCUT2D eigenvalue weighted by Gasteiger charge is -2.17. The average Bonchev–Trinajstić information content (AvgIpc) is 2.31. The van der Waals surface area contributed by atoms with Crippen LogP contribution in [0.15, 0.2) is 0 Å². The van der Waals surface area contributed by atoms with Crippen molar-refractivity contribution >= 4 is 5.91 Å². The summed E-state index contributed by atoms with van der Waals surface area (Å²) in [4.78, 5) is 13.6. The molecule has 0 rings (SSSR count). The average molecular weight is 229 g/mol. The summed E-state index contributed by atoms with van der Waals surface area (Å²) in [6.45, 7) is 12.2. The van der Waals surface area contributed by atoms with Crippen LogP contribution in [-0.2, 0) is 4.79 Å². The summed E-state index contributed by atoms with van der Waals surface area (Å²) < 4.78 is 0. The van der Waals surface area contributed by atoms with E-state index in [0.717, 1.165) is 45.7 Å². The number of carbonyl (C=O) groups excluding carboxylic acids is 1. The Labute approximate surface area is 99.8 Å². The van der Waals surface area contributed by atoms with Crippen LogP contribution in [0.5, 0.6) is 0 Å². The highest BCUT2D eigenvalue weighted by atomic mass is 16.1. The topological polar surface area (TPSA) is 44.4 Å². The molecule has 0 heterocycles. The summed E-state index contributed by atoms with van der Waals surface area (Å²) in [6.07, 6.45) is 1.58. The quantitative estimate of drug-likeness (QED) is 0.546. The molecule has 0 saturated carbocycles. The number of hydrogen-bond donors (Lipinski definition) is 2. The number of nitrogens with one attached hydrogen (secondary N) is 2. The Morgan fingerprint density at radius 1 is 1.06 bits per heavy atom. The van der Waals surface area contributed by atoms with E-state index in [0.29, 0.717) is 6.42 Å². The van der Waals surface area contributed by atoms with Crippen molar-refractivity contribution in [3.63, 3.8) is 0 Å². The van der Waals surface area contributed by atoms with E-state index in [1.807, 2.05) is 0 Å². The zero-order valence-electron chi connectivity index (χ0n) is 11.0. The highest BCUT2D eigenvalue weighted by Gasteiger charge is 2.00. The number of likely N-dealkylation sites (N-methyl/N-ethyl adjacent to an activating group) is 1. The van der Waals surface area contributed by atoms with Gasteiger partial charge < -0.3 is 15.5 Å². The third kappa shape index (κ3) is 8.68. The first-order valence-corrected chi connectivity index (χ1v) is 6.44. The first kappa shape index (κ1) is 15.4. The summed E-state index contributed by atoms with van der Waals surface area (Å²) in [5, 5.41) is 6.15. The van der Waals surface area contributed by atoms with Gasteiger partial charge >= 0.3 is 0 Å². The second-order valence-electron chi connectivity index (χ2n) is 3.88. The Hall–Kier alpha value is -0.610. The molecule has 2 N–H and O–H groups in total. The van der Waals surface area contributed by atoms with E-state index in [1.54, 1.807) is 0 Å². The van der Waals surface area contributed by atoms with Gasteiger partial charge in [0.15, 0.2) is 0 Å². The van der Waals surface area contributed by atoms with Crippen LogP contribution in [-0.4, -0.2) is 50.1 Å². The summed E-state index contributed by atoms with van der Waals surface area (Å²) in [6, 6.07) is 0. The van der Waals surface area contributed by atoms with Crippen molar-refractivity contribution in [2.75, 3.05) is 39.3 Å². The first-order valence-electron chi connectivity index (χ1n) is 6.44. The molecule has 1 amide bonds. The van der Waals surface area contributed by atoms with Crippen LogP contribution in [0.3, 0.4) is 0 Å². The maximum atomic E-state index is 11.2. The molecule has 4 heteroatoms. The molecule has 0 aliphatic rings. The van der Waals surface area contributed by atoms with Crippen LogP contribution >= 0.6 is 0 Å². The molecular formula is C12H27N3O. The minimum atomic E-state index is 0.150. The minimum Gasteiger partial charge on any atom is -0.356 e. The van der Waals surface area contributed by atoms with Crippen molar-refractivity contribution in [2.24, 2.45) is 0 Å². The molecule has 4 nitrogen and oxygen atoms in total. The van der Waals surface area contributed by atoms with Gasteiger partial charge in [-0.1, -0.05) is 20.8 Å². The number of nitrogens with zero attached hydrogens (tertiary/aromatic N) is 1. The van der Waals surface area contributed by atoms with Gasteiger partial charge in [0, 0.05) is 32.6 Å². The molecule has 0 fully saturated rings. The first-order chi connectivity index (χ1) is 7.74. The van der Waals surface area contributed by atoms with Crippen molar-refractivity contribution in [2.45, 2.75) is 33.6 Å². The maximum Gasteiger partial charge on any atom is 0.221 e. The van der Waals surface area contributed by atoms with Crippen molar-refractivity contribution in [3.05, 3.63) is 0 Å². The summed E-state index contributed by atoms with van der Waals surface area (Å²) >= 11 is 0. The molecule has 0 saturated heterocycles. The molecule has 0 bridgehead atoms. The van der Waals surface area contributed by atoms with Crippen LogP contribution in [0.2, 0.25) is 0 Å². The van der Waals surface area contributed by atoms with Crippen molar-refractivity contribution in [1.29, 1.82) is 0 Å². The number of hydrogen-bond acceptors (Lipinski definition) is 3. The van der Waals surface area contributed by atoms with E-state index in [4.69, 9.17) is 0 Å². The molecule has 0 aromatic rings. The number of rotatable bonds is 10. The largest absolute Gasteiger partial charge is 0.356 e. The molecular weight excluding hydrogens is 202 g/mol. The highest BCUT2D eigenvalue weighted by Crippen LogP contribution is 1.84. The predicted octanol–water partition coefficient (Wildman–Crippen LogP) is 0.834. The molecule has 0 aromatic carbocycles. The summed E-state index contributed by atoms with van der Waals surface area (Å²) in [7, 11) is 0. The number of amides is 1. The molecule has 96 valence electrons. The molecule has 0 aromatic heterocycles. The monoisotopic (exact) mass is 229 g/mol.